The predicted octanol–water partition coefficient (Wildman–Crippen LogP) is 7.26. The molecule has 0 aliphatic carbocycles. The minimum atomic E-state index is -4.73. The van der Waals surface area contributed by atoms with Gasteiger partial charge in [-0.3, -0.25) is 24.2 Å². The van der Waals surface area contributed by atoms with Crippen LogP contribution in [0.3, 0.4) is 0 Å². The number of nitrogens with one attached hydrogen (secondary N) is 2. The number of thiazole rings is 1. The summed E-state index contributed by atoms with van der Waals surface area (Å²) in [6.07, 6.45) is -1.06. The lowest BCUT2D eigenvalue weighted by atomic mass is 9.85. The molecule has 404 valence electrons. The van der Waals surface area contributed by atoms with Gasteiger partial charge in [-0.25, -0.2) is 0 Å². The molecule has 3 aliphatic heterocycles. The molecule has 3 saturated heterocycles. The zero-order valence-corrected chi connectivity index (χ0v) is 44.7. The molecule has 1 aromatic heterocycles. The zero-order valence-electron chi connectivity index (χ0n) is 43.0. The summed E-state index contributed by atoms with van der Waals surface area (Å²) in [6, 6.07) is 18.4. The first-order valence-corrected chi connectivity index (χ1v) is 26.5. The number of halogens is 3. The van der Waals surface area contributed by atoms with Gasteiger partial charge in [0, 0.05) is 68.9 Å². The van der Waals surface area contributed by atoms with Crippen LogP contribution >= 0.6 is 24.0 Å². The summed E-state index contributed by atoms with van der Waals surface area (Å²) in [4.78, 5) is 66.1. The Morgan fingerprint density at radius 2 is 1.69 bits per heavy atom. The number of carbonyl (C=O) groups is 4. The molecule has 0 bridgehead atoms. The second-order valence-electron chi connectivity index (χ2n) is 20.9. The number of amides is 3. The predicted molar refractivity (Wildman–Crippen MR) is 282 cm³/mol. The summed E-state index contributed by atoms with van der Waals surface area (Å²) in [6.45, 7) is 11.5. The van der Waals surface area contributed by atoms with E-state index in [9.17, 15) is 42.7 Å². The highest BCUT2D eigenvalue weighted by Crippen LogP contribution is 2.39. The van der Waals surface area contributed by atoms with Crippen LogP contribution in [0.5, 0.6) is 0 Å². The molecule has 3 aliphatic rings. The number of nitrogens with zero attached hydrogens (tertiary/aromatic N) is 6. The van der Waals surface area contributed by atoms with Crippen molar-refractivity contribution in [3.8, 4) is 16.5 Å². The molecule has 3 aromatic carbocycles. The highest BCUT2D eigenvalue weighted by Gasteiger charge is 2.45. The Labute approximate surface area is 445 Å². The normalized spacial score (nSPS) is 19.9. The van der Waals surface area contributed by atoms with Gasteiger partial charge in [0.15, 0.2) is 5.78 Å². The van der Waals surface area contributed by atoms with Gasteiger partial charge in [-0.15, -0.1) is 24.0 Å². The number of ether oxygens (including phenoxy) is 3. The summed E-state index contributed by atoms with van der Waals surface area (Å²) < 4.78 is 59.4. The molecule has 4 aromatic rings. The van der Waals surface area contributed by atoms with Crippen molar-refractivity contribution in [3.05, 3.63) is 101 Å². The first kappa shape index (κ1) is 57.1. The van der Waals surface area contributed by atoms with Gasteiger partial charge in [0.25, 0.3) is 5.91 Å². The molecule has 3 amide bonds. The Morgan fingerprint density at radius 1 is 1.00 bits per heavy atom. The number of hydrogen-bond donors (Lipinski definition) is 4. The summed E-state index contributed by atoms with van der Waals surface area (Å²) in [5.41, 5.74) is 1.57. The number of benzene rings is 3. The van der Waals surface area contributed by atoms with E-state index in [2.05, 4.69) is 15.6 Å². The van der Waals surface area contributed by atoms with E-state index in [-0.39, 0.29) is 62.9 Å². The van der Waals surface area contributed by atoms with Crippen LogP contribution < -0.4 is 20.4 Å². The molecule has 1 unspecified atom stereocenters. The lowest BCUT2D eigenvalue weighted by molar-refractivity contribution is -0.144. The molecule has 3 N–H and O–H groups in total. The molecule has 4 atom stereocenters. The first-order valence-electron chi connectivity index (χ1n) is 25.2. The van der Waals surface area contributed by atoms with Crippen LogP contribution in [-0.2, 0) is 41.3 Å². The van der Waals surface area contributed by atoms with Gasteiger partial charge in [0.05, 0.1) is 64.5 Å². The molecule has 7 rings (SSSR count). The van der Waals surface area contributed by atoms with Crippen molar-refractivity contribution in [1.29, 1.82) is 5.26 Å². The van der Waals surface area contributed by atoms with Crippen molar-refractivity contribution in [1.82, 2.24) is 25.4 Å². The van der Waals surface area contributed by atoms with Gasteiger partial charge in [-0.1, -0.05) is 45.0 Å². The van der Waals surface area contributed by atoms with Crippen molar-refractivity contribution in [2.24, 2.45) is 5.41 Å². The third-order valence-corrected chi connectivity index (χ3v) is 15.0. The van der Waals surface area contributed by atoms with Crippen molar-refractivity contribution < 1.29 is 51.7 Å². The van der Waals surface area contributed by atoms with Gasteiger partial charge < -0.3 is 49.6 Å². The number of rotatable bonds is 19. The SMILES string of the molecule is CC(C)(C)[C@H](NC(=O)COCCCCOC1CCN(C(=O)c2ccc(N3C(S)N(c4ccc(C#N)c(C(F)(F)F)c4)COCC3(C)C)cc2)CC1)C(=O)N1C[C@H](O)C[C@H]1C(=O)CNCc1ccc(-c2cncs2)cc1. The third-order valence-electron chi connectivity index (χ3n) is 13.7. The number of aromatic nitrogens is 1. The number of thiol groups is 1. The number of hydrogen-bond acceptors (Lipinski definition) is 15. The monoisotopic (exact) mass is 1080 g/mol. The van der Waals surface area contributed by atoms with E-state index in [1.807, 2.05) is 70.0 Å². The highest BCUT2D eigenvalue weighted by molar-refractivity contribution is 7.81. The van der Waals surface area contributed by atoms with E-state index < -0.39 is 63.8 Å². The van der Waals surface area contributed by atoms with Crippen LogP contribution in [0, 0.1) is 16.7 Å². The fraction of sp³-hybridized carbons (Fsp3) is 0.519. The molecule has 0 saturated carbocycles. The lowest BCUT2D eigenvalue weighted by Crippen LogP contribution is -2.57. The number of ketones is 1. The summed E-state index contributed by atoms with van der Waals surface area (Å²) >= 11 is 6.43. The summed E-state index contributed by atoms with van der Waals surface area (Å²) in [5, 5.41) is 25.9. The van der Waals surface area contributed by atoms with E-state index >= 15 is 0 Å². The van der Waals surface area contributed by atoms with Crippen LogP contribution in [0.15, 0.2) is 78.4 Å². The molecule has 0 radical (unpaired) electrons. The zero-order chi connectivity index (χ0) is 54.1. The van der Waals surface area contributed by atoms with E-state index in [0.29, 0.717) is 69.8 Å². The Balaban J connectivity index is 0.804. The third kappa shape index (κ3) is 14.7. The minimum absolute atomic E-state index is 0.00711. The number of β-amino-alcohol motifs (C(OH)–C–C–N with tert-alkyl or cyclic N) is 1. The number of anilines is 2. The Kier molecular flexibility index (Phi) is 19.1. The number of nitriles is 1. The van der Waals surface area contributed by atoms with E-state index in [4.69, 9.17) is 26.8 Å². The average Bonchev–Trinajstić information content (AvgIpc) is 4.04. The number of carbonyl (C=O) groups excluding carboxylic acids is 4. The quantitative estimate of drug-likeness (QED) is 0.0543. The maximum atomic E-state index is 14.0. The molecule has 4 heterocycles. The van der Waals surface area contributed by atoms with Gasteiger partial charge >= 0.3 is 6.18 Å². The fourth-order valence-corrected chi connectivity index (χ4v) is 10.9. The Hall–Kier alpha value is -5.60. The van der Waals surface area contributed by atoms with E-state index in [1.165, 1.54) is 11.0 Å². The number of aliphatic hydroxyl groups excluding tert-OH is 1. The van der Waals surface area contributed by atoms with Crippen LogP contribution in [0.4, 0.5) is 24.5 Å². The highest BCUT2D eigenvalue weighted by atomic mass is 32.1. The number of aliphatic hydroxyl groups is 1. The summed E-state index contributed by atoms with van der Waals surface area (Å²) in [5.74, 6) is -1.25. The average molecular weight is 1080 g/mol. The number of piperidine rings is 1. The second kappa shape index (κ2) is 25.0. The Bertz CT molecular complexity index is 2620. The first-order chi connectivity index (χ1) is 35.6. The van der Waals surface area contributed by atoms with E-state index in [0.717, 1.165) is 28.1 Å². The second-order valence-corrected chi connectivity index (χ2v) is 22.2. The van der Waals surface area contributed by atoms with Gasteiger partial charge in [-0.05, 0) is 98.5 Å². The van der Waals surface area contributed by atoms with Gasteiger partial charge in [0.2, 0.25) is 11.8 Å². The minimum Gasteiger partial charge on any atom is -0.391 e. The van der Waals surface area contributed by atoms with Crippen LogP contribution in [0.25, 0.3) is 10.4 Å². The van der Waals surface area contributed by atoms with Crippen LogP contribution in [0.1, 0.15) is 93.8 Å². The molecule has 21 heteroatoms. The van der Waals surface area contributed by atoms with Gasteiger partial charge in [0.1, 0.15) is 24.9 Å². The maximum Gasteiger partial charge on any atom is 0.417 e. The van der Waals surface area contributed by atoms with Crippen LogP contribution in [0.2, 0.25) is 0 Å². The Morgan fingerprint density at radius 3 is 2.35 bits per heavy atom. The topological polar surface area (TPSA) is 190 Å². The van der Waals surface area contributed by atoms with Crippen molar-refractivity contribution in [2.45, 2.75) is 115 Å². The number of likely N-dealkylation sites (tertiary alicyclic amines) is 2. The van der Waals surface area contributed by atoms with Crippen molar-refractivity contribution >= 4 is 58.8 Å². The number of Topliss-reactive ketones (excluding diaryl/α,β-unsaturated/α-hetero) is 1. The number of alkyl halides is 3. The van der Waals surface area contributed by atoms with Crippen LogP contribution in [-0.4, -0.2) is 138 Å². The van der Waals surface area contributed by atoms with E-state index in [1.54, 1.807) is 57.0 Å². The largest absolute Gasteiger partial charge is 0.417 e. The van der Waals surface area contributed by atoms with Crippen molar-refractivity contribution in [2.75, 3.05) is 69.1 Å². The maximum absolute atomic E-state index is 14.0. The fourth-order valence-electron chi connectivity index (χ4n) is 9.58. The van der Waals surface area contributed by atoms with Gasteiger partial charge in [-0.2, -0.15) is 18.4 Å². The standard InChI is InChI=1S/C54H67F3N8O8S2/c1-52(2,3)48(50(70)63-30-41(66)25-44(63)45(67)28-59-27-35-8-10-36(11-9-35)46-29-60-33-75-46)61-47(68)31-71-22-6-7-23-73-42-18-20-62(21-19-42)49(69)37-12-15-39(16-13-37)65-51(74)64(34-72-32-53(65,4)5)40-17-14-38(26-58)43(24-40)54(55,56)57/h8-17,24,29,33,41-42,44,48,51,59,66,74H,6-7,18-23,25,27-28,30-32,34H2,1-5H3,(H,61,68)/t41-,44+,48-,51?/m1/s1. The van der Waals surface area contributed by atoms with Crippen molar-refractivity contribution in [3.63, 3.8) is 0 Å². The molecule has 0 spiro atoms. The molecule has 75 heavy (non-hydrogen) atoms. The molecule has 16 nitrogen and oxygen atoms in total. The summed E-state index contributed by atoms with van der Waals surface area (Å²) in [7, 11) is 0. The molecular formula is C54H67F3N8O8S2. The molecule has 3 fully saturated rings. The number of unbranched alkanes of at least 4 members (excludes halogenated alkanes) is 1. The lowest BCUT2D eigenvalue weighted by Gasteiger charge is -2.44. The smallest absolute Gasteiger partial charge is 0.391 e. The molecular weight excluding hydrogens is 1010 g/mol.